The molecule has 3 aromatic rings. The highest BCUT2D eigenvalue weighted by Crippen LogP contribution is 2.47. The van der Waals surface area contributed by atoms with Gasteiger partial charge in [-0.15, -0.1) is 13.2 Å². The normalized spacial score (nSPS) is 19.8. The molecular weight excluding hydrogens is 523 g/mol. The lowest BCUT2D eigenvalue weighted by molar-refractivity contribution is -0.274. The number of benzene rings is 2. The molecule has 3 heterocycles. The lowest BCUT2D eigenvalue weighted by Crippen LogP contribution is -2.56. The lowest BCUT2D eigenvalue weighted by Gasteiger charge is -2.50. The van der Waals surface area contributed by atoms with Crippen LogP contribution < -0.4 is 10.1 Å². The van der Waals surface area contributed by atoms with E-state index >= 15 is 0 Å². The summed E-state index contributed by atoms with van der Waals surface area (Å²) in [4.78, 5) is 20.3. The number of carbonyl (C=O) groups is 1. The minimum absolute atomic E-state index is 0.0311. The number of ether oxygens (including phenoxy) is 1. The minimum atomic E-state index is -4.77. The zero-order chi connectivity index (χ0) is 24.6. The SMILES string of the molecule is O=C1c2ccc(Br)cc2NC2(CCN(Cc3cccnc3)CC2)C1c1ccc(OC(F)(F)F)cc1. The Hall–Kier alpha value is -2.91. The van der Waals surface area contributed by atoms with Crippen LogP contribution in [0.25, 0.3) is 0 Å². The van der Waals surface area contributed by atoms with Crippen molar-refractivity contribution >= 4 is 27.4 Å². The standard InChI is InChI=1S/C26H23BrF3N3O2/c27-19-5-8-21-22(14-19)32-25(9-12-33(13-10-25)16-17-2-1-11-31-15-17)23(24(21)34)18-3-6-20(7-4-18)35-26(28,29)30/h1-8,11,14-15,23,32H,9-10,12-13,16H2. The van der Waals surface area contributed by atoms with Crippen molar-refractivity contribution in [2.75, 3.05) is 18.4 Å². The van der Waals surface area contributed by atoms with Gasteiger partial charge in [-0.1, -0.05) is 34.1 Å². The number of likely N-dealkylation sites (tertiary alicyclic amines) is 1. The second-order valence-electron chi connectivity index (χ2n) is 9.02. The van der Waals surface area contributed by atoms with Gasteiger partial charge in [-0.2, -0.15) is 0 Å². The van der Waals surface area contributed by atoms with Crippen molar-refractivity contribution in [3.8, 4) is 5.75 Å². The number of rotatable bonds is 4. The third-order valence-electron chi connectivity index (χ3n) is 6.77. The molecule has 1 saturated heterocycles. The number of Topliss-reactive ketones (excluding diaryl/α,β-unsaturated/α-hetero) is 1. The molecule has 0 aliphatic carbocycles. The van der Waals surface area contributed by atoms with E-state index in [-0.39, 0.29) is 11.5 Å². The third kappa shape index (κ3) is 5.06. The Morgan fingerprint density at radius 2 is 1.86 bits per heavy atom. The molecule has 0 saturated carbocycles. The van der Waals surface area contributed by atoms with Crippen LogP contribution >= 0.6 is 15.9 Å². The summed E-state index contributed by atoms with van der Waals surface area (Å²) in [6, 6.07) is 15.2. The zero-order valence-electron chi connectivity index (χ0n) is 18.7. The molecule has 1 spiro atoms. The first-order chi connectivity index (χ1) is 16.7. The number of piperidine rings is 1. The average molecular weight is 546 g/mol. The molecule has 1 aromatic heterocycles. The van der Waals surface area contributed by atoms with Crippen molar-refractivity contribution in [2.24, 2.45) is 0 Å². The van der Waals surface area contributed by atoms with Gasteiger partial charge < -0.3 is 10.1 Å². The highest BCUT2D eigenvalue weighted by molar-refractivity contribution is 9.10. The van der Waals surface area contributed by atoms with Crippen LogP contribution in [-0.2, 0) is 6.54 Å². The lowest BCUT2D eigenvalue weighted by atomic mass is 9.67. The molecule has 0 amide bonds. The van der Waals surface area contributed by atoms with Crippen LogP contribution in [0.1, 0.15) is 40.2 Å². The molecule has 0 bridgehead atoms. The quantitative estimate of drug-likeness (QED) is 0.425. The van der Waals surface area contributed by atoms with Crippen LogP contribution in [0.15, 0.2) is 71.5 Å². The van der Waals surface area contributed by atoms with Crippen molar-refractivity contribution in [1.29, 1.82) is 0 Å². The summed E-state index contributed by atoms with van der Waals surface area (Å²) >= 11 is 3.49. The summed E-state index contributed by atoms with van der Waals surface area (Å²) in [6.07, 6.45) is 0.247. The van der Waals surface area contributed by atoms with Crippen LogP contribution in [0.2, 0.25) is 0 Å². The average Bonchev–Trinajstić information content (AvgIpc) is 2.81. The number of carbonyl (C=O) groups excluding carboxylic acids is 1. The van der Waals surface area contributed by atoms with Gasteiger partial charge in [-0.25, -0.2) is 0 Å². The van der Waals surface area contributed by atoms with Gasteiger partial charge in [0.1, 0.15) is 5.75 Å². The van der Waals surface area contributed by atoms with Crippen molar-refractivity contribution < 1.29 is 22.7 Å². The Balaban J connectivity index is 1.45. The number of hydrogen-bond donors (Lipinski definition) is 1. The van der Waals surface area contributed by atoms with Gasteiger partial charge in [0.05, 0.1) is 11.5 Å². The van der Waals surface area contributed by atoms with E-state index in [1.54, 1.807) is 24.4 Å². The maximum Gasteiger partial charge on any atom is 0.573 e. The molecule has 1 fully saturated rings. The molecule has 1 atom stereocenters. The molecule has 5 rings (SSSR count). The third-order valence-corrected chi connectivity index (χ3v) is 7.26. The monoisotopic (exact) mass is 545 g/mol. The fourth-order valence-electron chi connectivity index (χ4n) is 5.19. The number of alkyl halides is 3. The number of pyridine rings is 1. The summed E-state index contributed by atoms with van der Waals surface area (Å²) < 4.78 is 42.8. The molecule has 5 nitrogen and oxygen atoms in total. The minimum Gasteiger partial charge on any atom is -0.406 e. The second-order valence-corrected chi connectivity index (χ2v) is 9.94. The highest BCUT2D eigenvalue weighted by atomic mass is 79.9. The summed E-state index contributed by atoms with van der Waals surface area (Å²) in [7, 11) is 0. The fourth-order valence-corrected chi connectivity index (χ4v) is 5.55. The summed E-state index contributed by atoms with van der Waals surface area (Å²) in [6.45, 7) is 2.31. The second kappa shape index (κ2) is 9.28. The topological polar surface area (TPSA) is 54.5 Å². The van der Waals surface area contributed by atoms with E-state index in [1.165, 1.54) is 12.1 Å². The predicted molar refractivity (Wildman–Crippen MR) is 129 cm³/mol. The van der Waals surface area contributed by atoms with Crippen molar-refractivity contribution in [2.45, 2.75) is 37.2 Å². The number of anilines is 1. The molecule has 9 heteroatoms. The van der Waals surface area contributed by atoms with Gasteiger partial charge in [0.15, 0.2) is 5.78 Å². The van der Waals surface area contributed by atoms with E-state index in [9.17, 15) is 18.0 Å². The zero-order valence-corrected chi connectivity index (χ0v) is 20.3. The first-order valence-electron chi connectivity index (χ1n) is 11.3. The number of ketones is 1. The largest absolute Gasteiger partial charge is 0.573 e. The molecule has 1 unspecified atom stereocenters. The Morgan fingerprint density at radius 3 is 2.51 bits per heavy atom. The Bertz CT molecular complexity index is 1210. The number of hydrogen-bond acceptors (Lipinski definition) is 5. The summed E-state index contributed by atoms with van der Waals surface area (Å²) in [5.74, 6) is -0.866. The van der Waals surface area contributed by atoms with E-state index in [0.717, 1.165) is 35.4 Å². The maximum absolute atomic E-state index is 13.8. The number of aromatic nitrogens is 1. The first-order valence-corrected chi connectivity index (χ1v) is 12.1. The van der Waals surface area contributed by atoms with Crippen LogP contribution in [0, 0.1) is 0 Å². The van der Waals surface area contributed by atoms with Crippen LogP contribution in [0.5, 0.6) is 5.75 Å². The summed E-state index contributed by atoms with van der Waals surface area (Å²) in [5, 5.41) is 3.67. The molecular formula is C26H23BrF3N3O2. The van der Waals surface area contributed by atoms with Gasteiger partial charge in [0, 0.05) is 47.8 Å². The molecule has 35 heavy (non-hydrogen) atoms. The number of halogens is 4. The molecule has 0 radical (unpaired) electrons. The van der Waals surface area contributed by atoms with Crippen LogP contribution in [0.4, 0.5) is 18.9 Å². The van der Waals surface area contributed by atoms with E-state index in [0.29, 0.717) is 24.0 Å². The number of nitrogens with one attached hydrogen (secondary N) is 1. The van der Waals surface area contributed by atoms with Crippen molar-refractivity contribution in [3.05, 3.63) is 88.2 Å². The van der Waals surface area contributed by atoms with Gasteiger partial charge in [0.2, 0.25) is 0 Å². The smallest absolute Gasteiger partial charge is 0.406 e. The van der Waals surface area contributed by atoms with Gasteiger partial charge in [-0.3, -0.25) is 14.7 Å². The van der Waals surface area contributed by atoms with E-state index in [1.807, 2.05) is 30.5 Å². The Morgan fingerprint density at radius 1 is 1.11 bits per heavy atom. The fraction of sp³-hybridized carbons (Fsp3) is 0.308. The Kier molecular flexibility index (Phi) is 6.31. The molecule has 2 aliphatic heterocycles. The van der Waals surface area contributed by atoms with Crippen molar-refractivity contribution in [3.63, 3.8) is 0 Å². The number of fused-ring (bicyclic) bond motifs is 1. The highest BCUT2D eigenvalue weighted by Gasteiger charge is 2.49. The maximum atomic E-state index is 13.8. The van der Waals surface area contributed by atoms with Gasteiger partial charge in [0.25, 0.3) is 0 Å². The summed E-state index contributed by atoms with van der Waals surface area (Å²) in [5.41, 5.74) is 2.60. The first kappa shape index (κ1) is 23.8. The van der Waals surface area contributed by atoms with Crippen molar-refractivity contribution in [1.82, 2.24) is 9.88 Å². The van der Waals surface area contributed by atoms with Crippen LogP contribution in [0.3, 0.4) is 0 Å². The van der Waals surface area contributed by atoms with Crippen LogP contribution in [-0.4, -0.2) is 40.7 Å². The van der Waals surface area contributed by atoms with E-state index < -0.39 is 17.8 Å². The Labute approximate surface area is 209 Å². The molecule has 182 valence electrons. The predicted octanol–water partition coefficient (Wildman–Crippen LogP) is 6.17. The number of nitrogens with zero attached hydrogens (tertiary/aromatic N) is 2. The molecule has 2 aromatic carbocycles. The van der Waals surface area contributed by atoms with Gasteiger partial charge in [-0.05, 0) is 60.4 Å². The van der Waals surface area contributed by atoms with E-state index in [4.69, 9.17) is 0 Å². The molecule has 2 aliphatic rings. The van der Waals surface area contributed by atoms with E-state index in [2.05, 4.69) is 35.9 Å². The van der Waals surface area contributed by atoms with Gasteiger partial charge >= 0.3 is 6.36 Å². The molecule has 1 N–H and O–H groups in total.